The second-order valence-electron chi connectivity index (χ2n) is 3.27. The van der Waals surface area contributed by atoms with Crippen LogP contribution in [-0.2, 0) is 6.42 Å². The summed E-state index contributed by atoms with van der Waals surface area (Å²) in [4.78, 5) is 14.1. The summed E-state index contributed by atoms with van der Waals surface area (Å²) in [5.41, 5.74) is 2.08. The summed E-state index contributed by atoms with van der Waals surface area (Å²) in [5.74, 6) is -0.483. The molecule has 1 heterocycles. The molecule has 0 aliphatic heterocycles. The second-order valence-corrected chi connectivity index (χ2v) is 3.65. The highest BCUT2D eigenvalue weighted by Crippen LogP contribution is 2.22. The van der Waals surface area contributed by atoms with Gasteiger partial charge in [0.2, 0.25) is 0 Å². The maximum Gasteiger partial charge on any atom is 0.335 e. The summed E-state index contributed by atoms with van der Waals surface area (Å²) in [7, 11) is 0. The number of carboxylic acids is 1. The average molecular weight is 224 g/mol. The topological polar surface area (TPSA) is 53.1 Å². The van der Waals surface area contributed by atoms with E-state index in [1.165, 1.54) is 0 Å². The lowest BCUT2D eigenvalue weighted by atomic mass is 10.0. The lowest BCUT2D eigenvalue weighted by Crippen LogP contribution is -2.03. The lowest BCUT2D eigenvalue weighted by Gasteiger charge is -2.05. The molecule has 78 valence electrons. The van der Waals surface area contributed by atoms with Crippen molar-refractivity contribution in [2.45, 2.75) is 6.42 Å². The number of aromatic amines is 1. The van der Waals surface area contributed by atoms with E-state index in [9.17, 15) is 4.79 Å². The molecule has 0 aliphatic carbocycles. The molecular weight excluding hydrogens is 214 g/mol. The van der Waals surface area contributed by atoms with Gasteiger partial charge in [-0.3, -0.25) is 0 Å². The SMILES string of the molecule is O=C(O)c1ccc2[nH]ccc2c1CCCl. The number of benzene rings is 1. The molecule has 0 fully saturated rings. The van der Waals surface area contributed by atoms with Gasteiger partial charge in [-0.25, -0.2) is 4.79 Å². The van der Waals surface area contributed by atoms with E-state index >= 15 is 0 Å². The van der Waals surface area contributed by atoms with E-state index in [-0.39, 0.29) is 0 Å². The molecular formula is C11H10ClNO2. The van der Waals surface area contributed by atoms with Crippen LogP contribution in [0.15, 0.2) is 24.4 Å². The molecule has 2 N–H and O–H groups in total. The van der Waals surface area contributed by atoms with Crippen molar-refractivity contribution in [1.29, 1.82) is 0 Å². The van der Waals surface area contributed by atoms with Gasteiger partial charge in [0.15, 0.2) is 0 Å². The first kappa shape index (κ1) is 10.1. The molecule has 0 spiro atoms. The summed E-state index contributed by atoms with van der Waals surface area (Å²) in [5, 5.41) is 9.98. The number of nitrogens with one attached hydrogen (secondary N) is 1. The van der Waals surface area contributed by atoms with Crippen LogP contribution in [0.5, 0.6) is 0 Å². The van der Waals surface area contributed by atoms with Crippen molar-refractivity contribution < 1.29 is 9.90 Å². The van der Waals surface area contributed by atoms with Gasteiger partial charge in [0.1, 0.15) is 0 Å². The minimum absolute atomic E-state index is 0.336. The Morgan fingerprint density at radius 3 is 2.87 bits per heavy atom. The van der Waals surface area contributed by atoms with Gasteiger partial charge in [-0.1, -0.05) is 0 Å². The van der Waals surface area contributed by atoms with Crippen LogP contribution in [0.25, 0.3) is 10.9 Å². The first-order valence-corrected chi connectivity index (χ1v) is 5.15. The van der Waals surface area contributed by atoms with Crippen molar-refractivity contribution in [1.82, 2.24) is 4.98 Å². The molecule has 4 heteroatoms. The van der Waals surface area contributed by atoms with Crippen molar-refractivity contribution in [2.24, 2.45) is 0 Å². The monoisotopic (exact) mass is 223 g/mol. The van der Waals surface area contributed by atoms with Crippen molar-refractivity contribution in [3.63, 3.8) is 0 Å². The Labute approximate surface area is 91.7 Å². The van der Waals surface area contributed by atoms with Crippen molar-refractivity contribution in [2.75, 3.05) is 5.88 Å². The number of H-pyrrole nitrogens is 1. The number of alkyl halides is 1. The average Bonchev–Trinajstić information content (AvgIpc) is 2.66. The van der Waals surface area contributed by atoms with Crippen molar-refractivity contribution >= 4 is 28.5 Å². The van der Waals surface area contributed by atoms with Gasteiger partial charge in [-0.05, 0) is 30.2 Å². The maximum absolute atomic E-state index is 11.0. The second kappa shape index (κ2) is 3.95. The number of aromatic carboxylic acids is 1. The maximum atomic E-state index is 11.0. The molecule has 1 aromatic heterocycles. The highest BCUT2D eigenvalue weighted by Gasteiger charge is 2.12. The fourth-order valence-corrected chi connectivity index (χ4v) is 1.95. The van der Waals surface area contributed by atoms with Crippen LogP contribution in [0, 0.1) is 0 Å². The molecule has 0 bridgehead atoms. The van der Waals surface area contributed by atoms with Gasteiger partial charge in [0, 0.05) is 23.0 Å². The number of aromatic nitrogens is 1. The zero-order chi connectivity index (χ0) is 10.8. The van der Waals surface area contributed by atoms with Gasteiger partial charge in [-0.15, -0.1) is 11.6 Å². The molecule has 0 radical (unpaired) electrons. The molecule has 1 aromatic carbocycles. The molecule has 0 unspecified atom stereocenters. The lowest BCUT2D eigenvalue weighted by molar-refractivity contribution is 0.0696. The number of halogens is 1. The smallest absolute Gasteiger partial charge is 0.335 e. The fourth-order valence-electron chi connectivity index (χ4n) is 1.76. The number of hydrogen-bond donors (Lipinski definition) is 2. The van der Waals surface area contributed by atoms with Gasteiger partial charge >= 0.3 is 5.97 Å². The molecule has 0 aliphatic rings. The largest absolute Gasteiger partial charge is 0.478 e. The minimum atomic E-state index is -0.904. The standard InChI is InChI=1S/C11H10ClNO2/c12-5-3-7-8-4-6-13-10(8)2-1-9(7)11(14)15/h1-2,4,6,13H,3,5H2,(H,14,15). The first-order chi connectivity index (χ1) is 7.24. The molecule has 0 saturated carbocycles. The number of aryl methyl sites for hydroxylation is 1. The number of fused-ring (bicyclic) bond motifs is 1. The Bertz CT molecular complexity index is 504. The normalized spacial score (nSPS) is 10.7. The third-order valence-corrected chi connectivity index (χ3v) is 2.61. The Morgan fingerprint density at radius 2 is 2.20 bits per heavy atom. The predicted molar refractivity (Wildman–Crippen MR) is 59.7 cm³/mol. The summed E-state index contributed by atoms with van der Waals surface area (Å²) >= 11 is 5.68. The highest BCUT2D eigenvalue weighted by atomic mass is 35.5. The molecule has 3 nitrogen and oxygen atoms in total. The van der Waals surface area contributed by atoms with Crippen LogP contribution in [0.1, 0.15) is 15.9 Å². The summed E-state index contributed by atoms with van der Waals surface area (Å²) in [6, 6.07) is 5.27. The molecule has 15 heavy (non-hydrogen) atoms. The zero-order valence-electron chi connectivity index (χ0n) is 7.96. The number of hydrogen-bond acceptors (Lipinski definition) is 1. The Hall–Kier alpha value is -1.48. The van der Waals surface area contributed by atoms with E-state index in [2.05, 4.69) is 4.98 Å². The molecule has 0 atom stereocenters. The van der Waals surface area contributed by atoms with E-state index in [4.69, 9.17) is 16.7 Å². The Balaban J connectivity index is 2.69. The molecule has 0 amide bonds. The first-order valence-electron chi connectivity index (χ1n) is 4.62. The number of rotatable bonds is 3. The number of carboxylic acid groups (broad SMARTS) is 1. The summed E-state index contributed by atoms with van der Waals surface area (Å²) < 4.78 is 0. The Morgan fingerprint density at radius 1 is 1.40 bits per heavy atom. The van der Waals surface area contributed by atoms with E-state index in [1.807, 2.05) is 6.07 Å². The number of carbonyl (C=O) groups is 1. The van der Waals surface area contributed by atoms with Crippen LogP contribution in [-0.4, -0.2) is 21.9 Å². The molecule has 2 rings (SSSR count). The van der Waals surface area contributed by atoms with E-state index in [0.29, 0.717) is 17.9 Å². The molecule has 0 saturated heterocycles. The van der Waals surface area contributed by atoms with Crippen molar-refractivity contribution in [3.05, 3.63) is 35.5 Å². The van der Waals surface area contributed by atoms with Crippen LogP contribution in [0.4, 0.5) is 0 Å². The predicted octanol–water partition coefficient (Wildman–Crippen LogP) is 2.65. The Kier molecular flexibility index (Phi) is 2.64. The van der Waals surface area contributed by atoms with E-state index in [0.717, 1.165) is 16.5 Å². The summed E-state index contributed by atoms with van der Waals surface area (Å²) in [6.45, 7) is 0. The van der Waals surface area contributed by atoms with Gasteiger partial charge < -0.3 is 10.1 Å². The fraction of sp³-hybridized carbons (Fsp3) is 0.182. The third kappa shape index (κ3) is 1.70. The summed E-state index contributed by atoms with van der Waals surface area (Å²) in [6.07, 6.45) is 2.37. The van der Waals surface area contributed by atoms with Gasteiger partial charge in [-0.2, -0.15) is 0 Å². The van der Waals surface area contributed by atoms with Crippen LogP contribution < -0.4 is 0 Å². The van der Waals surface area contributed by atoms with Crippen LogP contribution in [0.2, 0.25) is 0 Å². The van der Waals surface area contributed by atoms with Crippen LogP contribution in [0.3, 0.4) is 0 Å². The van der Waals surface area contributed by atoms with E-state index < -0.39 is 5.97 Å². The van der Waals surface area contributed by atoms with Gasteiger partial charge in [0.25, 0.3) is 0 Å². The van der Waals surface area contributed by atoms with Crippen molar-refractivity contribution in [3.8, 4) is 0 Å². The van der Waals surface area contributed by atoms with E-state index in [1.54, 1.807) is 18.3 Å². The van der Waals surface area contributed by atoms with Gasteiger partial charge in [0.05, 0.1) is 5.56 Å². The minimum Gasteiger partial charge on any atom is -0.478 e. The highest BCUT2D eigenvalue weighted by molar-refractivity contribution is 6.18. The molecule has 2 aromatic rings. The van der Waals surface area contributed by atoms with Crippen LogP contribution >= 0.6 is 11.6 Å². The zero-order valence-corrected chi connectivity index (χ0v) is 8.71. The third-order valence-electron chi connectivity index (χ3n) is 2.42. The quantitative estimate of drug-likeness (QED) is 0.786.